The molecule has 2 N–H and O–H groups in total. The molecular formula is C18H24O3. The lowest BCUT2D eigenvalue weighted by Crippen LogP contribution is -2.02. The van der Waals surface area contributed by atoms with Crippen LogP contribution < -0.4 is 0 Å². The van der Waals surface area contributed by atoms with Crippen LogP contribution in [0.3, 0.4) is 0 Å². The maximum absolute atomic E-state index is 10.3. The maximum Gasteiger partial charge on any atom is 0.303 e. The van der Waals surface area contributed by atoms with Gasteiger partial charge in [0.2, 0.25) is 0 Å². The van der Waals surface area contributed by atoms with Crippen LogP contribution in [-0.4, -0.2) is 22.3 Å². The summed E-state index contributed by atoms with van der Waals surface area (Å²) in [6.45, 7) is 3.63. The number of aliphatic hydroxyl groups excluding tert-OH is 1. The summed E-state index contributed by atoms with van der Waals surface area (Å²) in [5.41, 5.74) is 0. The van der Waals surface area contributed by atoms with Gasteiger partial charge < -0.3 is 10.2 Å². The molecule has 0 rings (SSSR count). The minimum Gasteiger partial charge on any atom is -0.481 e. The fourth-order valence-corrected chi connectivity index (χ4v) is 1.59. The Bertz CT molecular complexity index is 441. The van der Waals surface area contributed by atoms with Crippen LogP contribution in [0.15, 0.2) is 24.8 Å². The summed E-state index contributed by atoms with van der Waals surface area (Å²) in [6, 6.07) is 0. The third kappa shape index (κ3) is 16.0. The van der Waals surface area contributed by atoms with E-state index in [0.29, 0.717) is 12.8 Å². The Balaban J connectivity index is 3.66. The fourth-order valence-electron chi connectivity index (χ4n) is 1.59. The van der Waals surface area contributed by atoms with Gasteiger partial charge in [0.05, 0.1) is 0 Å². The van der Waals surface area contributed by atoms with Crippen molar-refractivity contribution in [2.75, 3.05) is 0 Å². The Hall–Kier alpha value is -1.97. The lowest BCUT2D eigenvalue weighted by atomic mass is 10.1. The lowest BCUT2D eigenvalue weighted by molar-refractivity contribution is -0.137. The van der Waals surface area contributed by atoms with E-state index < -0.39 is 12.1 Å². The fraction of sp³-hybridized carbons (Fsp3) is 0.500. The number of aliphatic hydroxyl groups is 1. The Kier molecular flexibility index (Phi) is 13.1. The van der Waals surface area contributed by atoms with Crippen LogP contribution in [0, 0.1) is 23.7 Å². The van der Waals surface area contributed by atoms with Crippen LogP contribution in [-0.2, 0) is 4.79 Å². The van der Waals surface area contributed by atoms with Crippen molar-refractivity contribution in [3.63, 3.8) is 0 Å². The number of carboxylic acids is 1. The standard InChI is InChI=1S/C18H24O3/c1-2-3-4-5-6-7-8-11-14-17(19)15-12-9-10-13-16-18(20)21/h2,5-6,17,19H,1,3-4,9-10,12-13,15-16H2,(H,20,21)/b6-5+. The highest BCUT2D eigenvalue weighted by Crippen LogP contribution is 2.07. The van der Waals surface area contributed by atoms with Crippen molar-refractivity contribution in [1.82, 2.24) is 0 Å². The number of carbonyl (C=O) groups is 1. The quantitative estimate of drug-likeness (QED) is 0.368. The SMILES string of the molecule is C=CCC/C=C/C#CC#CC(O)CCCCCCC(=O)O. The topological polar surface area (TPSA) is 57.5 Å². The van der Waals surface area contributed by atoms with Gasteiger partial charge in [-0.3, -0.25) is 4.79 Å². The van der Waals surface area contributed by atoms with E-state index in [0.717, 1.165) is 32.1 Å². The van der Waals surface area contributed by atoms with Gasteiger partial charge in [0.25, 0.3) is 0 Å². The highest BCUT2D eigenvalue weighted by Gasteiger charge is 2.00. The molecule has 0 aliphatic rings. The second kappa shape index (κ2) is 14.4. The Labute approximate surface area is 127 Å². The largest absolute Gasteiger partial charge is 0.481 e. The summed E-state index contributed by atoms with van der Waals surface area (Å²) in [5, 5.41) is 18.1. The van der Waals surface area contributed by atoms with Gasteiger partial charge >= 0.3 is 5.97 Å². The summed E-state index contributed by atoms with van der Waals surface area (Å²) in [6.07, 6.45) is 11.0. The minimum absolute atomic E-state index is 0.221. The van der Waals surface area contributed by atoms with Crippen molar-refractivity contribution in [3.05, 3.63) is 24.8 Å². The highest BCUT2D eigenvalue weighted by molar-refractivity contribution is 5.66. The summed E-state index contributed by atoms with van der Waals surface area (Å²) < 4.78 is 0. The molecule has 0 aromatic rings. The average molecular weight is 288 g/mol. The van der Waals surface area contributed by atoms with Crippen LogP contribution in [0.5, 0.6) is 0 Å². The Morgan fingerprint density at radius 2 is 1.90 bits per heavy atom. The molecule has 0 saturated heterocycles. The number of rotatable bonds is 10. The van der Waals surface area contributed by atoms with Gasteiger partial charge in [0.1, 0.15) is 6.10 Å². The van der Waals surface area contributed by atoms with E-state index in [1.807, 2.05) is 12.2 Å². The average Bonchev–Trinajstić information content (AvgIpc) is 2.45. The second-order valence-electron chi connectivity index (χ2n) is 4.67. The zero-order chi connectivity index (χ0) is 15.8. The van der Waals surface area contributed by atoms with Crippen LogP contribution in [0.25, 0.3) is 0 Å². The smallest absolute Gasteiger partial charge is 0.303 e. The first-order chi connectivity index (χ1) is 10.2. The Morgan fingerprint density at radius 1 is 1.14 bits per heavy atom. The van der Waals surface area contributed by atoms with Crippen molar-refractivity contribution in [3.8, 4) is 23.7 Å². The van der Waals surface area contributed by atoms with E-state index in [1.165, 1.54) is 0 Å². The van der Waals surface area contributed by atoms with Crippen molar-refractivity contribution in [2.24, 2.45) is 0 Å². The van der Waals surface area contributed by atoms with Crippen LogP contribution in [0.1, 0.15) is 51.4 Å². The molecule has 0 amide bonds. The minimum atomic E-state index is -0.752. The number of hydrogen-bond acceptors (Lipinski definition) is 2. The molecule has 0 spiro atoms. The summed E-state index contributed by atoms with van der Waals surface area (Å²) >= 11 is 0. The van der Waals surface area contributed by atoms with Crippen LogP contribution in [0.2, 0.25) is 0 Å². The molecule has 3 heteroatoms. The van der Waals surface area contributed by atoms with Gasteiger partial charge in [0, 0.05) is 6.42 Å². The third-order valence-corrected chi connectivity index (χ3v) is 2.73. The van der Waals surface area contributed by atoms with Gasteiger partial charge in [0.15, 0.2) is 0 Å². The first kappa shape index (κ1) is 19.0. The Morgan fingerprint density at radius 3 is 2.62 bits per heavy atom. The predicted octanol–water partition coefficient (Wildman–Crippen LogP) is 3.30. The zero-order valence-corrected chi connectivity index (χ0v) is 12.5. The normalized spacial score (nSPS) is 11.1. The summed E-state index contributed by atoms with van der Waals surface area (Å²) in [7, 11) is 0. The van der Waals surface area contributed by atoms with E-state index in [2.05, 4.69) is 30.3 Å². The van der Waals surface area contributed by atoms with Gasteiger partial charge in [-0.05, 0) is 50.0 Å². The predicted molar refractivity (Wildman–Crippen MR) is 85.5 cm³/mol. The van der Waals surface area contributed by atoms with Crippen LogP contribution in [0.4, 0.5) is 0 Å². The van der Waals surface area contributed by atoms with Crippen molar-refractivity contribution >= 4 is 5.97 Å². The number of allylic oxidation sites excluding steroid dienone is 3. The van der Waals surface area contributed by atoms with E-state index in [-0.39, 0.29) is 6.42 Å². The third-order valence-electron chi connectivity index (χ3n) is 2.73. The molecule has 21 heavy (non-hydrogen) atoms. The molecule has 1 atom stereocenters. The molecule has 0 aromatic carbocycles. The second-order valence-corrected chi connectivity index (χ2v) is 4.67. The maximum atomic E-state index is 10.3. The van der Waals surface area contributed by atoms with Gasteiger partial charge in [-0.25, -0.2) is 0 Å². The van der Waals surface area contributed by atoms with E-state index >= 15 is 0 Å². The first-order valence-electron chi connectivity index (χ1n) is 7.33. The summed E-state index contributed by atoms with van der Waals surface area (Å²) in [5.74, 6) is 10.0. The van der Waals surface area contributed by atoms with Crippen LogP contribution >= 0.6 is 0 Å². The molecule has 0 aromatic heterocycles. The molecule has 0 radical (unpaired) electrons. The molecule has 0 fully saturated rings. The highest BCUT2D eigenvalue weighted by atomic mass is 16.4. The number of aliphatic carboxylic acids is 1. The molecule has 0 aliphatic carbocycles. The molecule has 3 nitrogen and oxygen atoms in total. The van der Waals surface area contributed by atoms with Crippen molar-refractivity contribution in [2.45, 2.75) is 57.5 Å². The molecule has 0 bridgehead atoms. The molecular weight excluding hydrogens is 264 g/mol. The van der Waals surface area contributed by atoms with Gasteiger partial charge in [-0.2, -0.15) is 0 Å². The molecule has 0 saturated carbocycles. The molecule has 114 valence electrons. The molecule has 0 aliphatic heterocycles. The lowest BCUT2D eigenvalue weighted by Gasteiger charge is -2.02. The number of hydrogen-bond donors (Lipinski definition) is 2. The van der Waals surface area contributed by atoms with Crippen molar-refractivity contribution < 1.29 is 15.0 Å². The first-order valence-corrected chi connectivity index (χ1v) is 7.33. The summed E-state index contributed by atoms with van der Waals surface area (Å²) in [4.78, 5) is 10.3. The van der Waals surface area contributed by atoms with E-state index in [9.17, 15) is 9.90 Å². The van der Waals surface area contributed by atoms with Gasteiger partial charge in [-0.15, -0.1) is 6.58 Å². The molecule has 1 unspecified atom stereocenters. The number of unbranched alkanes of at least 4 members (excludes halogenated alkanes) is 4. The van der Waals surface area contributed by atoms with E-state index in [1.54, 1.807) is 6.08 Å². The monoisotopic (exact) mass is 288 g/mol. The van der Waals surface area contributed by atoms with E-state index in [4.69, 9.17) is 5.11 Å². The zero-order valence-electron chi connectivity index (χ0n) is 12.5. The number of carboxylic acid groups (broad SMARTS) is 1. The van der Waals surface area contributed by atoms with Gasteiger partial charge in [-0.1, -0.05) is 36.8 Å². The molecule has 0 heterocycles. The van der Waals surface area contributed by atoms with Crippen molar-refractivity contribution in [1.29, 1.82) is 0 Å².